The fraction of sp³-hybridized carbons (Fsp3) is 0.276. The minimum Gasteiger partial charge on any atom is -0.480 e. The fourth-order valence-electron chi connectivity index (χ4n) is 4.23. The summed E-state index contributed by atoms with van der Waals surface area (Å²) in [6, 6.07) is 14.9. The number of ether oxygens (including phenoxy) is 1. The second-order valence-corrected chi connectivity index (χ2v) is 10.5. The molecule has 0 radical (unpaired) electrons. The van der Waals surface area contributed by atoms with E-state index in [0.717, 1.165) is 17.0 Å². The topological polar surface area (TPSA) is 186 Å². The number of nitrogens with two attached hydrogens (primary N) is 1. The second kappa shape index (κ2) is 14.3. The van der Waals surface area contributed by atoms with Gasteiger partial charge in [-0.25, -0.2) is 9.59 Å². The summed E-state index contributed by atoms with van der Waals surface area (Å²) < 4.78 is 10.3. The zero-order chi connectivity index (χ0) is 30.1. The summed E-state index contributed by atoms with van der Waals surface area (Å²) in [6.45, 7) is 3.64. The lowest BCUT2D eigenvalue weighted by Crippen LogP contribution is -2.45. The molecule has 2 atom stereocenters. The molecule has 2 aromatic heterocycles. The number of primary amides is 1. The Morgan fingerprint density at radius 1 is 1.17 bits per heavy atom. The molecule has 0 saturated carbocycles. The van der Waals surface area contributed by atoms with Crippen LogP contribution in [0.15, 0.2) is 69.2 Å². The van der Waals surface area contributed by atoms with Gasteiger partial charge in [-0.1, -0.05) is 36.4 Å². The number of morpholine rings is 1. The van der Waals surface area contributed by atoms with Gasteiger partial charge in [0, 0.05) is 30.1 Å². The molecule has 220 valence electrons. The smallest absolute Gasteiger partial charge is 0.348 e. The van der Waals surface area contributed by atoms with Crippen LogP contribution in [-0.2, 0) is 32.0 Å². The summed E-state index contributed by atoms with van der Waals surface area (Å²) in [6.07, 6.45) is 0.00945. The molecule has 6 N–H and O–H groups in total. The number of rotatable bonds is 9. The van der Waals surface area contributed by atoms with Crippen LogP contribution in [0.2, 0.25) is 0 Å². The van der Waals surface area contributed by atoms with Crippen molar-refractivity contribution in [1.82, 2.24) is 10.3 Å². The van der Waals surface area contributed by atoms with E-state index >= 15 is 0 Å². The quantitative estimate of drug-likeness (QED) is 0.193. The first-order valence-electron chi connectivity index (χ1n) is 13.1. The number of thiophene rings is 1. The van der Waals surface area contributed by atoms with E-state index in [0.29, 0.717) is 29.9 Å². The van der Waals surface area contributed by atoms with Crippen LogP contribution >= 0.6 is 11.3 Å². The number of amides is 2. The van der Waals surface area contributed by atoms with Crippen molar-refractivity contribution in [2.45, 2.75) is 31.9 Å². The highest BCUT2D eigenvalue weighted by molar-refractivity contribution is 7.10. The molecule has 2 amide bonds. The number of benzene rings is 2. The van der Waals surface area contributed by atoms with E-state index < -0.39 is 23.7 Å². The Bertz CT molecular complexity index is 1590. The molecule has 0 spiro atoms. The van der Waals surface area contributed by atoms with Crippen molar-refractivity contribution in [3.05, 3.63) is 86.4 Å². The van der Waals surface area contributed by atoms with Crippen molar-refractivity contribution in [2.75, 3.05) is 30.3 Å². The van der Waals surface area contributed by atoms with Crippen molar-refractivity contribution >= 4 is 51.7 Å². The molecule has 42 heavy (non-hydrogen) atoms. The van der Waals surface area contributed by atoms with Crippen LogP contribution in [0.4, 0.5) is 11.7 Å². The predicted molar refractivity (Wildman–Crippen MR) is 159 cm³/mol. The first-order valence-corrected chi connectivity index (χ1v) is 14.0. The van der Waals surface area contributed by atoms with Crippen LogP contribution < -0.4 is 27.3 Å². The second-order valence-electron chi connectivity index (χ2n) is 9.43. The standard InChI is InChI=1S/C24H21N3O5S.C5H10N2O2/c1-14-17(25-20(28)13-16-8-5-11-33-16)9-10-18-21(14)23(31)32-24(26-18)27-19(22(29)30)12-15-6-3-2-4-7-15;6-5(8)4-3-7-1-2-9-4/h2-11,19H,12-13H2,1H3,(H,25,28)(H,26,27)(H,29,30);4,7H,1-3H2,(H2,6,8)/t19-;/m0./s1. The number of fused-ring (bicyclic) bond motifs is 1. The summed E-state index contributed by atoms with van der Waals surface area (Å²) in [5.41, 5.74) is 6.47. The summed E-state index contributed by atoms with van der Waals surface area (Å²) >= 11 is 1.50. The number of aryl methyl sites for hydroxylation is 1. The SMILES string of the molecule is Cc1c(NC(=O)Cc2cccs2)ccc2nc(N[C@@H](Cc3ccccc3)C(=O)O)oc(=O)c12.NC(=O)C1CNCCO1. The number of anilines is 2. The minimum absolute atomic E-state index is 0.176. The number of hydrogen-bond donors (Lipinski definition) is 5. The molecule has 1 aliphatic rings. The van der Waals surface area contributed by atoms with Gasteiger partial charge >= 0.3 is 11.6 Å². The van der Waals surface area contributed by atoms with Crippen molar-refractivity contribution in [3.8, 4) is 0 Å². The molecule has 1 aliphatic heterocycles. The van der Waals surface area contributed by atoms with Crippen LogP contribution in [0.3, 0.4) is 0 Å². The molecule has 5 rings (SSSR count). The Balaban J connectivity index is 0.000000385. The summed E-state index contributed by atoms with van der Waals surface area (Å²) in [7, 11) is 0. The lowest BCUT2D eigenvalue weighted by molar-refractivity contribution is -0.138. The molecule has 2 aromatic carbocycles. The van der Waals surface area contributed by atoms with Crippen LogP contribution in [0.1, 0.15) is 16.0 Å². The van der Waals surface area contributed by atoms with Crippen molar-refractivity contribution in [2.24, 2.45) is 5.73 Å². The molecule has 13 heteroatoms. The van der Waals surface area contributed by atoms with Gasteiger partial charge in [0.05, 0.1) is 23.9 Å². The molecular weight excluding hydrogens is 562 g/mol. The molecule has 0 aliphatic carbocycles. The third-order valence-corrected chi connectivity index (χ3v) is 7.25. The Morgan fingerprint density at radius 3 is 2.57 bits per heavy atom. The number of aliphatic carboxylic acids is 1. The maximum atomic E-state index is 12.7. The molecule has 1 saturated heterocycles. The van der Waals surface area contributed by atoms with Gasteiger partial charge in [0.1, 0.15) is 12.1 Å². The van der Waals surface area contributed by atoms with Gasteiger partial charge in [-0.05, 0) is 41.6 Å². The normalized spacial score (nSPS) is 15.2. The third kappa shape index (κ3) is 8.22. The van der Waals surface area contributed by atoms with Crippen LogP contribution in [0.5, 0.6) is 0 Å². The lowest BCUT2D eigenvalue weighted by Gasteiger charge is -2.20. The largest absolute Gasteiger partial charge is 0.480 e. The van der Waals surface area contributed by atoms with E-state index in [9.17, 15) is 24.3 Å². The number of nitrogens with one attached hydrogen (secondary N) is 3. The Kier molecular flexibility index (Phi) is 10.4. The van der Waals surface area contributed by atoms with Crippen LogP contribution in [0, 0.1) is 6.92 Å². The van der Waals surface area contributed by atoms with E-state index in [-0.39, 0.29) is 36.1 Å². The van der Waals surface area contributed by atoms with Gasteiger partial charge in [-0.2, -0.15) is 4.98 Å². The number of carboxylic acids is 1. The molecule has 3 heterocycles. The number of nitrogens with zero attached hydrogens (tertiary/aromatic N) is 1. The number of carbonyl (C=O) groups excluding carboxylic acids is 2. The highest BCUT2D eigenvalue weighted by Gasteiger charge is 2.21. The van der Waals surface area contributed by atoms with Crippen LogP contribution in [0.25, 0.3) is 10.9 Å². The van der Waals surface area contributed by atoms with Crippen LogP contribution in [-0.4, -0.2) is 59.7 Å². The first kappa shape index (κ1) is 30.4. The highest BCUT2D eigenvalue weighted by Crippen LogP contribution is 2.24. The van der Waals surface area contributed by atoms with Crippen molar-refractivity contribution in [1.29, 1.82) is 0 Å². The average molecular weight is 594 g/mol. The van der Waals surface area contributed by atoms with Gasteiger partial charge < -0.3 is 35.9 Å². The Morgan fingerprint density at radius 2 is 1.95 bits per heavy atom. The van der Waals surface area contributed by atoms with Gasteiger partial charge in [0.15, 0.2) is 0 Å². The van der Waals surface area contributed by atoms with Crippen molar-refractivity contribution < 1.29 is 28.6 Å². The maximum Gasteiger partial charge on any atom is 0.348 e. The summed E-state index contributed by atoms with van der Waals surface area (Å²) in [5, 5.41) is 20.2. The van der Waals surface area contributed by atoms with Gasteiger partial charge in [-0.15, -0.1) is 11.3 Å². The van der Waals surface area contributed by atoms with Gasteiger partial charge in [0.2, 0.25) is 11.8 Å². The van der Waals surface area contributed by atoms with E-state index in [4.69, 9.17) is 14.9 Å². The van der Waals surface area contributed by atoms with E-state index in [1.807, 2.05) is 47.8 Å². The Hall–Kier alpha value is -4.59. The molecular formula is C29H31N5O7S. The maximum absolute atomic E-state index is 12.7. The lowest BCUT2D eigenvalue weighted by atomic mass is 10.1. The fourth-order valence-corrected chi connectivity index (χ4v) is 4.93. The minimum atomic E-state index is -1.09. The van der Waals surface area contributed by atoms with E-state index in [1.54, 1.807) is 19.1 Å². The average Bonchev–Trinajstić information content (AvgIpc) is 3.48. The molecule has 1 fully saturated rings. The van der Waals surface area contributed by atoms with Gasteiger partial charge in [0.25, 0.3) is 6.01 Å². The first-order chi connectivity index (χ1) is 20.2. The summed E-state index contributed by atoms with van der Waals surface area (Å²) in [5.74, 6) is -1.67. The molecule has 1 unspecified atom stereocenters. The Labute approximate surface area is 244 Å². The van der Waals surface area contributed by atoms with E-state index in [2.05, 4.69) is 20.9 Å². The van der Waals surface area contributed by atoms with E-state index in [1.165, 1.54) is 11.3 Å². The number of carbonyl (C=O) groups is 3. The third-order valence-electron chi connectivity index (χ3n) is 6.37. The number of carboxylic acid groups (broad SMARTS) is 1. The summed E-state index contributed by atoms with van der Waals surface area (Å²) in [4.78, 5) is 52.4. The monoisotopic (exact) mass is 593 g/mol. The highest BCUT2D eigenvalue weighted by atomic mass is 32.1. The van der Waals surface area contributed by atoms with Crippen molar-refractivity contribution in [3.63, 3.8) is 0 Å². The zero-order valence-electron chi connectivity index (χ0n) is 22.8. The number of hydrogen-bond acceptors (Lipinski definition) is 10. The van der Waals surface area contributed by atoms with Gasteiger partial charge in [-0.3, -0.25) is 9.59 Å². The predicted octanol–water partition coefficient (Wildman–Crippen LogP) is 2.31. The molecule has 0 bridgehead atoms. The molecule has 4 aromatic rings. The number of aromatic nitrogens is 1. The zero-order valence-corrected chi connectivity index (χ0v) is 23.6. The molecule has 12 nitrogen and oxygen atoms in total.